The second kappa shape index (κ2) is 8.25. The van der Waals surface area contributed by atoms with Crippen molar-refractivity contribution < 1.29 is 4.74 Å². The van der Waals surface area contributed by atoms with Crippen molar-refractivity contribution >= 4 is 5.69 Å². The number of anilines is 1. The Morgan fingerprint density at radius 3 is 2.67 bits per heavy atom. The highest BCUT2D eigenvalue weighted by Gasteiger charge is 2.19. The molecule has 1 heterocycles. The van der Waals surface area contributed by atoms with Crippen LogP contribution >= 0.6 is 0 Å². The zero-order chi connectivity index (χ0) is 15.1. The van der Waals surface area contributed by atoms with E-state index in [-0.39, 0.29) is 0 Å². The van der Waals surface area contributed by atoms with Crippen molar-refractivity contribution in [3.05, 3.63) is 24.3 Å². The van der Waals surface area contributed by atoms with E-state index in [1.807, 2.05) is 6.07 Å². The highest BCUT2D eigenvalue weighted by Crippen LogP contribution is 2.22. The Hall–Kier alpha value is -1.26. The molecule has 0 amide bonds. The fourth-order valence-electron chi connectivity index (χ4n) is 2.89. The Bertz CT molecular complexity index is 416. The number of benzene rings is 1. The number of hydrogen-bond acceptors (Lipinski definition) is 4. The van der Waals surface area contributed by atoms with Crippen molar-refractivity contribution in [2.45, 2.75) is 32.2 Å². The first-order valence-corrected chi connectivity index (χ1v) is 8.10. The molecule has 1 aliphatic heterocycles. The average Bonchev–Trinajstić information content (AvgIpc) is 2.53. The normalized spacial score (nSPS) is 17.8. The summed E-state index contributed by atoms with van der Waals surface area (Å²) in [6, 6.07) is 8.65. The van der Waals surface area contributed by atoms with Gasteiger partial charge in [0.1, 0.15) is 5.75 Å². The number of hydrogen-bond donors (Lipinski definition) is 1. The summed E-state index contributed by atoms with van der Waals surface area (Å²) in [4.78, 5) is 4.92. The molecule has 2 N–H and O–H groups in total. The minimum atomic E-state index is 0.327. The third kappa shape index (κ3) is 4.90. The van der Waals surface area contributed by atoms with Crippen LogP contribution in [-0.2, 0) is 0 Å². The maximum Gasteiger partial charge on any atom is 0.120 e. The Labute approximate surface area is 128 Å². The van der Waals surface area contributed by atoms with Gasteiger partial charge in [-0.3, -0.25) is 4.90 Å². The van der Waals surface area contributed by atoms with Gasteiger partial charge >= 0.3 is 0 Å². The summed E-state index contributed by atoms with van der Waals surface area (Å²) in [6.45, 7) is 7.57. The van der Waals surface area contributed by atoms with Crippen LogP contribution in [0.2, 0.25) is 0 Å². The summed E-state index contributed by atoms with van der Waals surface area (Å²) in [5.41, 5.74) is 7.46. The van der Waals surface area contributed by atoms with Crippen LogP contribution in [0.4, 0.5) is 5.69 Å². The molecule has 1 aliphatic rings. The zero-order valence-corrected chi connectivity index (χ0v) is 13.4. The van der Waals surface area contributed by atoms with Gasteiger partial charge < -0.3 is 15.4 Å². The van der Waals surface area contributed by atoms with Crippen LogP contribution in [0.1, 0.15) is 26.2 Å². The van der Waals surface area contributed by atoms with Gasteiger partial charge in [-0.15, -0.1) is 0 Å². The number of piperazine rings is 1. The molecule has 1 atom stereocenters. The molecule has 1 unspecified atom stereocenters. The molecule has 0 radical (unpaired) electrons. The molecule has 0 saturated carbocycles. The van der Waals surface area contributed by atoms with Gasteiger partial charge in [0.2, 0.25) is 0 Å². The van der Waals surface area contributed by atoms with Crippen LogP contribution < -0.4 is 15.4 Å². The molecule has 1 fully saturated rings. The zero-order valence-electron chi connectivity index (χ0n) is 13.4. The average molecular weight is 291 g/mol. The van der Waals surface area contributed by atoms with Crippen LogP contribution in [0.15, 0.2) is 24.3 Å². The van der Waals surface area contributed by atoms with E-state index in [4.69, 9.17) is 10.5 Å². The molecule has 0 spiro atoms. The molecule has 118 valence electrons. The standard InChI is InChI=1S/C17H29N3O/c1-3-4-6-15(18)14-19-9-11-20(12-10-19)16-7-5-8-17(13-16)21-2/h5,7-8,13,15H,3-4,6,9-12,14,18H2,1-2H3. The van der Waals surface area contributed by atoms with Crippen molar-refractivity contribution in [3.8, 4) is 5.75 Å². The molecule has 0 bridgehead atoms. The molecular formula is C17H29N3O. The predicted molar refractivity (Wildman–Crippen MR) is 89.1 cm³/mol. The molecular weight excluding hydrogens is 262 g/mol. The smallest absolute Gasteiger partial charge is 0.120 e. The molecule has 4 heteroatoms. The van der Waals surface area contributed by atoms with Crippen LogP contribution in [0, 0.1) is 0 Å². The summed E-state index contributed by atoms with van der Waals surface area (Å²) >= 11 is 0. The Balaban J connectivity index is 1.79. The van der Waals surface area contributed by atoms with Crippen molar-refractivity contribution in [1.82, 2.24) is 4.90 Å². The van der Waals surface area contributed by atoms with E-state index < -0.39 is 0 Å². The van der Waals surface area contributed by atoms with Crippen LogP contribution in [0.25, 0.3) is 0 Å². The topological polar surface area (TPSA) is 41.7 Å². The lowest BCUT2D eigenvalue weighted by molar-refractivity contribution is 0.238. The van der Waals surface area contributed by atoms with E-state index in [0.717, 1.165) is 44.9 Å². The molecule has 21 heavy (non-hydrogen) atoms. The van der Waals surface area contributed by atoms with E-state index >= 15 is 0 Å². The van der Waals surface area contributed by atoms with E-state index in [0.29, 0.717) is 6.04 Å². The second-order valence-corrected chi connectivity index (χ2v) is 5.89. The van der Waals surface area contributed by atoms with Crippen LogP contribution in [0.5, 0.6) is 5.75 Å². The lowest BCUT2D eigenvalue weighted by Gasteiger charge is -2.37. The maximum atomic E-state index is 6.20. The first kappa shape index (κ1) is 16.1. The van der Waals surface area contributed by atoms with Gasteiger partial charge in [0, 0.05) is 50.5 Å². The molecule has 1 aromatic rings. The lowest BCUT2D eigenvalue weighted by Crippen LogP contribution is -2.49. The summed E-state index contributed by atoms with van der Waals surface area (Å²) in [5, 5.41) is 0. The monoisotopic (exact) mass is 291 g/mol. The largest absolute Gasteiger partial charge is 0.497 e. The third-order valence-electron chi connectivity index (χ3n) is 4.21. The van der Waals surface area contributed by atoms with Gasteiger partial charge in [0.05, 0.1) is 7.11 Å². The summed E-state index contributed by atoms with van der Waals surface area (Å²) < 4.78 is 5.30. The summed E-state index contributed by atoms with van der Waals surface area (Å²) in [7, 11) is 1.72. The van der Waals surface area contributed by atoms with Gasteiger partial charge in [0.25, 0.3) is 0 Å². The van der Waals surface area contributed by atoms with Crippen molar-refractivity contribution in [2.75, 3.05) is 44.7 Å². The lowest BCUT2D eigenvalue weighted by atomic mass is 10.1. The van der Waals surface area contributed by atoms with Crippen molar-refractivity contribution in [1.29, 1.82) is 0 Å². The van der Waals surface area contributed by atoms with Gasteiger partial charge in [-0.05, 0) is 18.6 Å². The number of nitrogens with zero attached hydrogens (tertiary/aromatic N) is 2. The highest BCUT2D eigenvalue weighted by atomic mass is 16.5. The Morgan fingerprint density at radius 2 is 2.00 bits per heavy atom. The van der Waals surface area contributed by atoms with E-state index in [9.17, 15) is 0 Å². The maximum absolute atomic E-state index is 6.20. The number of nitrogens with two attached hydrogens (primary N) is 1. The van der Waals surface area contributed by atoms with E-state index in [1.165, 1.54) is 18.5 Å². The highest BCUT2D eigenvalue weighted by molar-refractivity contribution is 5.51. The molecule has 0 aromatic heterocycles. The Kier molecular flexibility index (Phi) is 6.33. The number of rotatable bonds is 7. The molecule has 1 saturated heterocycles. The van der Waals surface area contributed by atoms with Crippen molar-refractivity contribution in [2.24, 2.45) is 5.73 Å². The number of ether oxygens (including phenoxy) is 1. The van der Waals surface area contributed by atoms with Gasteiger partial charge in [-0.2, -0.15) is 0 Å². The third-order valence-corrected chi connectivity index (χ3v) is 4.21. The fraction of sp³-hybridized carbons (Fsp3) is 0.647. The SMILES string of the molecule is CCCCC(N)CN1CCN(c2cccc(OC)c2)CC1. The van der Waals surface area contributed by atoms with E-state index in [2.05, 4.69) is 34.9 Å². The minimum Gasteiger partial charge on any atom is -0.497 e. The molecule has 2 rings (SSSR count). The Morgan fingerprint density at radius 1 is 1.24 bits per heavy atom. The van der Waals surface area contributed by atoms with Gasteiger partial charge in [-0.25, -0.2) is 0 Å². The van der Waals surface area contributed by atoms with Gasteiger partial charge in [-0.1, -0.05) is 25.8 Å². The first-order valence-electron chi connectivity index (χ1n) is 8.10. The molecule has 1 aromatic carbocycles. The minimum absolute atomic E-state index is 0.327. The van der Waals surface area contributed by atoms with Crippen LogP contribution in [-0.4, -0.2) is 50.8 Å². The number of methoxy groups -OCH3 is 1. The van der Waals surface area contributed by atoms with Crippen molar-refractivity contribution in [3.63, 3.8) is 0 Å². The van der Waals surface area contributed by atoms with Crippen LogP contribution in [0.3, 0.4) is 0 Å². The quantitative estimate of drug-likeness (QED) is 0.837. The second-order valence-electron chi connectivity index (χ2n) is 5.89. The molecule has 4 nitrogen and oxygen atoms in total. The molecule has 0 aliphatic carbocycles. The summed E-state index contributed by atoms with van der Waals surface area (Å²) in [6.07, 6.45) is 3.62. The number of unbranched alkanes of at least 4 members (excludes halogenated alkanes) is 1. The van der Waals surface area contributed by atoms with Gasteiger partial charge in [0.15, 0.2) is 0 Å². The predicted octanol–water partition coefficient (Wildman–Crippen LogP) is 2.33. The fourth-order valence-corrected chi connectivity index (χ4v) is 2.89. The summed E-state index contributed by atoms with van der Waals surface area (Å²) in [5.74, 6) is 0.927. The first-order chi connectivity index (χ1) is 10.2. The van der Waals surface area contributed by atoms with E-state index in [1.54, 1.807) is 7.11 Å².